The second kappa shape index (κ2) is 7.30. The Kier molecular flexibility index (Phi) is 4.88. The first-order valence-electron chi connectivity index (χ1n) is 9.21. The van der Waals surface area contributed by atoms with Gasteiger partial charge < -0.3 is 14.7 Å². The molecule has 2 aromatic rings. The van der Waals surface area contributed by atoms with E-state index in [9.17, 15) is 9.90 Å². The summed E-state index contributed by atoms with van der Waals surface area (Å²) in [7, 11) is 0. The molecule has 4 rings (SSSR count). The Morgan fingerprint density at radius 1 is 1.23 bits per heavy atom. The van der Waals surface area contributed by atoms with Crippen molar-refractivity contribution in [3.8, 4) is 0 Å². The molecule has 2 fully saturated rings. The summed E-state index contributed by atoms with van der Waals surface area (Å²) in [5.74, 6) is 0.0579. The maximum atomic E-state index is 12.6. The van der Waals surface area contributed by atoms with Crippen molar-refractivity contribution in [1.29, 1.82) is 0 Å². The molecule has 8 nitrogen and oxygen atoms in total. The van der Waals surface area contributed by atoms with Crippen LogP contribution in [0, 0.1) is 0 Å². The largest absolute Gasteiger partial charge is 0.387 e. The van der Waals surface area contributed by atoms with Crippen molar-refractivity contribution in [3.63, 3.8) is 0 Å². The lowest BCUT2D eigenvalue weighted by atomic mass is 10.0. The first-order chi connectivity index (χ1) is 12.6. The van der Waals surface area contributed by atoms with E-state index in [0.717, 1.165) is 24.1 Å². The zero-order chi connectivity index (χ0) is 18.0. The first kappa shape index (κ1) is 17.4. The van der Waals surface area contributed by atoms with E-state index in [1.54, 1.807) is 9.58 Å². The molecule has 2 saturated heterocycles. The molecule has 0 spiro atoms. The van der Waals surface area contributed by atoms with E-state index in [4.69, 9.17) is 4.74 Å². The van der Waals surface area contributed by atoms with Crippen molar-refractivity contribution < 1.29 is 14.6 Å². The Balaban J connectivity index is 1.31. The second-order valence-electron chi connectivity index (χ2n) is 7.23. The molecule has 8 heteroatoms. The number of aryl methyl sites for hydroxylation is 1. The molecule has 1 aromatic carbocycles. The van der Waals surface area contributed by atoms with Gasteiger partial charge in [0.15, 0.2) is 0 Å². The highest BCUT2D eigenvalue weighted by Crippen LogP contribution is 2.24. The van der Waals surface area contributed by atoms with Gasteiger partial charge in [-0.1, -0.05) is 17.3 Å². The summed E-state index contributed by atoms with van der Waals surface area (Å²) in [5.41, 5.74) is 0.957. The Morgan fingerprint density at radius 2 is 2.04 bits per heavy atom. The summed E-state index contributed by atoms with van der Waals surface area (Å²) >= 11 is 0. The third-order valence-electron chi connectivity index (χ3n) is 5.26. The number of amides is 1. The number of carbonyl (C=O) groups is 1. The summed E-state index contributed by atoms with van der Waals surface area (Å²) in [4.78, 5) is 16.6. The highest BCUT2D eigenvalue weighted by Gasteiger charge is 2.39. The van der Waals surface area contributed by atoms with Gasteiger partial charge in [0.2, 0.25) is 5.91 Å². The van der Waals surface area contributed by atoms with Gasteiger partial charge in [0, 0.05) is 32.6 Å². The fraction of sp³-hybridized carbons (Fsp3) is 0.611. The van der Waals surface area contributed by atoms with Crippen LogP contribution in [0.25, 0.3) is 11.0 Å². The molecule has 3 heterocycles. The van der Waals surface area contributed by atoms with Crippen LogP contribution in [0.4, 0.5) is 0 Å². The number of morpholine rings is 1. The smallest absolute Gasteiger partial charge is 0.224 e. The van der Waals surface area contributed by atoms with Gasteiger partial charge in [0.05, 0.1) is 37.4 Å². The fourth-order valence-electron chi connectivity index (χ4n) is 3.82. The maximum Gasteiger partial charge on any atom is 0.224 e. The molecule has 1 unspecified atom stereocenters. The lowest BCUT2D eigenvalue weighted by molar-refractivity contribution is -0.131. The minimum Gasteiger partial charge on any atom is -0.387 e. The number of aromatic nitrogens is 3. The van der Waals surface area contributed by atoms with E-state index >= 15 is 0 Å². The fourth-order valence-corrected chi connectivity index (χ4v) is 3.82. The van der Waals surface area contributed by atoms with E-state index in [0.29, 0.717) is 52.2 Å². The van der Waals surface area contributed by atoms with Gasteiger partial charge in [0.25, 0.3) is 0 Å². The normalized spacial score (nSPS) is 24.4. The van der Waals surface area contributed by atoms with E-state index in [1.807, 2.05) is 24.3 Å². The van der Waals surface area contributed by atoms with Crippen LogP contribution in [0.5, 0.6) is 0 Å². The van der Waals surface area contributed by atoms with Crippen LogP contribution in [-0.4, -0.2) is 87.3 Å². The highest BCUT2D eigenvalue weighted by atomic mass is 16.5. The van der Waals surface area contributed by atoms with Gasteiger partial charge in [-0.2, -0.15) is 0 Å². The van der Waals surface area contributed by atoms with Crippen LogP contribution >= 0.6 is 0 Å². The van der Waals surface area contributed by atoms with Crippen LogP contribution in [-0.2, 0) is 16.1 Å². The van der Waals surface area contributed by atoms with E-state index in [2.05, 4.69) is 15.2 Å². The minimum absolute atomic E-state index is 0.0579. The lowest BCUT2D eigenvalue weighted by Gasteiger charge is -2.33. The van der Waals surface area contributed by atoms with Gasteiger partial charge in [-0.25, -0.2) is 4.68 Å². The number of ether oxygens (including phenoxy) is 1. The van der Waals surface area contributed by atoms with Gasteiger partial charge in [-0.05, 0) is 18.6 Å². The number of benzene rings is 1. The number of nitrogens with zero attached hydrogens (tertiary/aromatic N) is 5. The number of hydrogen-bond acceptors (Lipinski definition) is 6. The van der Waals surface area contributed by atoms with E-state index < -0.39 is 5.60 Å². The van der Waals surface area contributed by atoms with Crippen molar-refractivity contribution in [3.05, 3.63) is 24.3 Å². The number of rotatable bonds is 5. The SMILES string of the molecule is O=C(CCn1nnc2ccccc21)N1CCC(O)(CN2CCOCC2)C1. The molecule has 1 amide bonds. The standard InChI is InChI=1S/C18H25N5O3/c24-17(5-7-23-16-4-2-1-3-15(16)19-20-23)22-8-6-18(25,14-22)13-21-9-11-26-12-10-21/h1-4,25H,5-14H2. The molecule has 1 N–H and O–H groups in total. The minimum atomic E-state index is -0.813. The van der Waals surface area contributed by atoms with Gasteiger partial charge in [-0.3, -0.25) is 9.69 Å². The zero-order valence-electron chi connectivity index (χ0n) is 14.9. The average Bonchev–Trinajstić information content (AvgIpc) is 3.24. The predicted octanol–water partition coefficient (Wildman–Crippen LogP) is 0.117. The van der Waals surface area contributed by atoms with Crippen LogP contribution in [0.3, 0.4) is 0 Å². The van der Waals surface area contributed by atoms with E-state index in [1.165, 1.54) is 0 Å². The molecule has 0 aliphatic carbocycles. The van der Waals surface area contributed by atoms with Crippen LogP contribution in [0.15, 0.2) is 24.3 Å². The predicted molar refractivity (Wildman–Crippen MR) is 95.6 cm³/mol. The summed E-state index contributed by atoms with van der Waals surface area (Å²) in [5, 5.41) is 19.1. The monoisotopic (exact) mass is 359 g/mol. The first-order valence-corrected chi connectivity index (χ1v) is 9.21. The molecular weight excluding hydrogens is 334 g/mol. The van der Waals surface area contributed by atoms with Crippen LogP contribution in [0.1, 0.15) is 12.8 Å². The Bertz CT molecular complexity index is 773. The quantitative estimate of drug-likeness (QED) is 0.816. The van der Waals surface area contributed by atoms with Crippen LogP contribution in [0.2, 0.25) is 0 Å². The number of β-amino-alcohol motifs (C(OH)–C–C–N with tert-alkyl or cyclic N) is 1. The molecule has 1 aromatic heterocycles. The van der Waals surface area contributed by atoms with Gasteiger partial charge >= 0.3 is 0 Å². The van der Waals surface area contributed by atoms with Crippen molar-refractivity contribution in [2.75, 3.05) is 45.9 Å². The summed E-state index contributed by atoms with van der Waals surface area (Å²) < 4.78 is 7.12. The van der Waals surface area contributed by atoms with Crippen molar-refractivity contribution in [1.82, 2.24) is 24.8 Å². The lowest BCUT2D eigenvalue weighted by Crippen LogP contribution is -2.49. The van der Waals surface area contributed by atoms with E-state index in [-0.39, 0.29) is 5.91 Å². The number of carbonyl (C=O) groups excluding carboxylic acids is 1. The number of aliphatic hydroxyl groups is 1. The third-order valence-corrected chi connectivity index (χ3v) is 5.26. The number of para-hydroxylation sites is 1. The Morgan fingerprint density at radius 3 is 2.88 bits per heavy atom. The maximum absolute atomic E-state index is 12.6. The Labute approximate surface area is 152 Å². The summed E-state index contributed by atoms with van der Waals surface area (Å²) in [6, 6.07) is 7.73. The van der Waals surface area contributed by atoms with Gasteiger partial charge in [0.1, 0.15) is 5.52 Å². The molecule has 0 bridgehead atoms. The molecule has 1 atom stereocenters. The number of likely N-dealkylation sites (tertiary alicyclic amines) is 1. The molecule has 0 radical (unpaired) electrons. The molecular formula is C18H25N5O3. The molecule has 2 aliphatic rings. The summed E-state index contributed by atoms with van der Waals surface area (Å²) in [6.07, 6.45) is 0.989. The topological polar surface area (TPSA) is 83.7 Å². The highest BCUT2D eigenvalue weighted by molar-refractivity contribution is 5.77. The number of hydrogen-bond donors (Lipinski definition) is 1. The van der Waals surface area contributed by atoms with Crippen molar-refractivity contribution in [2.24, 2.45) is 0 Å². The third kappa shape index (κ3) is 3.72. The van der Waals surface area contributed by atoms with Gasteiger partial charge in [-0.15, -0.1) is 5.10 Å². The second-order valence-corrected chi connectivity index (χ2v) is 7.23. The Hall–Kier alpha value is -2.03. The van der Waals surface area contributed by atoms with Crippen molar-refractivity contribution >= 4 is 16.9 Å². The molecule has 0 saturated carbocycles. The molecule has 2 aliphatic heterocycles. The summed E-state index contributed by atoms with van der Waals surface area (Å²) in [6.45, 7) is 5.23. The van der Waals surface area contributed by atoms with Crippen LogP contribution < -0.4 is 0 Å². The molecule has 26 heavy (non-hydrogen) atoms. The zero-order valence-corrected chi connectivity index (χ0v) is 14.9. The number of fused-ring (bicyclic) bond motifs is 1. The van der Waals surface area contributed by atoms with Crippen molar-refractivity contribution in [2.45, 2.75) is 25.0 Å². The molecule has 140 valence electrons. The average molecular weight is 359 g/mol.